The molecule has 2 aromatic rings. The number of benzene rings is 1. The predicted molar refractivity (Wildman–Crippen MR) is 113 cm³/mol. The number of amides is 1. The van der Waals surface area contributed by atoms with Crippen molar-refractivity contribution in [2.75, 3.05) is 38.8 Å². The zero-order valence-corrected chi connectivity index (χ0v) is 19.6. The van der Waals surface area contributed by atoms with Crippen molar-refractivity contribution >= 4 is 36.8 Å². The lowest BCUT2D eigenvalue weighted by molar-refractivity contribution is -0.139. The van der Waals surface area contributed by atoms with Crippen LogP contribution in [0.2, 0.25) is 0 Å². The van der Waals surface area contributed by atoms with Crippen molar-refractivity contribution < 1.29 is 26.5 Å². The zero-order chi connectivity index (χ0) is 23.0. The molecular formula is C18H27N5O6S2. The summed E-state index contributed by atoms with van der Waals surface area (Å²) in [6, 6.07) is 3.93. The van der Waals surface area contributed by atoms with Gasteiger partial charge in [-0.3, -0.25) is 4.79 Å². The van der Waals surface area contributed by atoms with Gasteiger partial charge >= 0.3 is 0 Å². The van der Waals surface area contributed by atoms with Crippen molar-refractivity contribution in [3.05, 3.63) is 18.2 Å². The number of nitrogens with zero attached hydrogens (tertiary/aromatic N) is 5. The average Bonchev–Trinajstić information content (AvgIpc) is 3.25. The standard InChI is InChI=1S/C18H27N5O6S2/c1-13(2)10-22(14-7-8-30(25,26)12-14)18(24)11-29-23-17-9-15(31(27,28)21(3)4)5-6-16(17)19-20-23/h5-6,9,13-14H,7-8,10-12H2,1-4H3. The predicted octanol–water partition coefficient (Wildman–Crippen LogP) is -0.218. The summed E-state index contributed by atoms with van der Waals surface area (Å²) in [7, 11) is -3.96. The van der Waals surface area contributed by atoms with Gasteiger partial charge in [-0.2, -0.15) is 0 Å². The Morgan fingerprint density at radius 2 is 2.03 bits per heavy atom. The van der Waals surface area contributed by atoms with E-state index < -0.39 is 19.9 Å². The highest BCUT2D eigenvalue weighted by molar-refractivity contribution is 7.91. The molecule has 11 nitrogen and oxygen atoms in total. The van der Waals surface area contributed by atoms with Gasteiger partial charge < -0.3 is 9.74 Å². The van der Waals surface area contributed by atoms with Gasteiger partial charge in [-0.1, -0.05) is 18.7 Å². The van der Waals surface area contributed by atoms with Crippen molar-refractivity contribution in [1.29, 1.82) is 0 Å². The quantitative estimate of drug-likeness (QED) is 0.514. The summed E-state index contributed by atoms with van der Waals surface area (Å²) in [6.45, 7) is 3.92. The highest BCUT2D eigenvalue weighted by atomic mass is 32.2. The lowest BCUT2D eigenvalue weighted by Gasteiger charge is -2.29. The van der Waals surface area contributed by atoms with E-state index in [1.165, 1.54) is 32.3 Å². The first kappa shape index (κ1) is 23.4. The number of fused-ring (bicyclic) bond motifs is 1. The number of carbonyl (C=O) groups excluding carboxylic acids is 1. The van der Waals surface area contributed by atoms with Gasteiger partial charge in [-0.05, 0) is 35.8 Å². The van der Waals surface area contributed by atoms with Crippen LogP contribution in [0.25, 0.3) is 11.0 Å². The Morgan fingerprint density at radius 3 is 2.61 bits per heavy atom. The Morgan fingerprint density at radius 1 is 1.32 bits per heavy atom. The molecule has 0 N–H and O–H groups in total. The Hall–Kier alpha value is -2.25. The second kappa shape index (κ2) is 8.71. The molecule has 1 atom stereocenters. The Balaban J connectivity index is 1.79. The minimum Gasteiger partial charge on any atom is -0.385 e. The summed E-state index contributed by atoms with van der Waals surface area (Å²) >= 11 is 0. The summed E-state index contributed by atoms with van der Waals surface area (Å²) in [5, 5.41) is 7.78. The fourth-order valence-electron chi connectivity index (χ4n) is 3.41. The molecule has 1 amide bonds. The van der Waals surface area contributed by atoms with Crippen LogP contribution in [0.1, 0.15) is 20.3 Å². The minimum absolute atomic E-state index is 0.0427. The first-order valence-corrected chi connectivity index (χ1v) is 13.1. The van der Waals surface area contributed by atoms with E-state index in [9.17, 15) is 21.6 Å². The Kier molecular flexibility index (Phi) is 6.58. The molecule has 1 fully saturated rings. The highest BCUT2D eigenvalue weighted by Gasteiger charge is 2.35. The number of hydrogen-bond donors (Lipinski definition) is 0. The largest absolute Gasteiger partial charge is 0.385 e. The molecule has 31 heavy (non-hydrogen) atoms. The molecule has 3 rings (SSSR count). The van der Waals surface area contributed by atoms with E-state index in [0.717, 1.165) is 9.15 Å². The van der Waals surface area contributed by atoms with Crippen molar-refractivity contribution in [2.45, 2.75) is 31.2 Å². The van der Waals surface area contributed by atoms with E-state index in [2.05, 4.69) is 10.3 Å². The van der Waals surface area contributed by atoms with Crippen molar-refractivity contribution in [3.63, 3.8) is 0 Å². The third kappa shape index (κ3) is 5.15. The van der Waals surface area contributed by atoms with Crippen molar-refractivity contribution in [1.82, 2.24) is 24.4 Å². The van der Waals surface area contributed by atoms with E-state index in [-0.39, 0.29) is 40.9 Å². The van der Waals surface area contributed by atoms with Crippen LogP contribution < -0.4 is 4.84 Å². The second-order valence-electron chi connectivity index (χ2n) is 8.17. The lowest BCUT2D eigenvalue weighted by Crippen LogP contribution is -2.46. The maximum Gasteiger partial charge on any atom is 0.263 e. The van der Waals surface area contributed by atoms with Crippen LogP contribution in [0.4, 0.5) is 0 Å². The second-order valence-corrected chi connectivity index (χ2v) is 12.6. The molecule has 1 unspecified atom stereocenters. The van der Waals surface area contributed by atoms with Crippen LogP contribution in [0.15, 0.2) is 23.1 Å². The summed E-state index contributed by atoms with van der Waals surface area (Å²) in [5.74, 6) is -0.199. The number of sulfone groups is 1. The van der Waals surface area contributed by atoms with Crippen LogP contribution >= 0.6 is 0 Å². The average molecular weight is 474 g/mol. The molecule has 172 valence electrons. The SMILES string of the molecule is CC(C)CN(C(=O)COn1nnc2ccc(S(=O)(=O)N(C)C)cc21)C1CCS(=O)(=O)C1. The van der Waals surface area contributed by atoms with Gasteiger partial charge in [0.15, 0.2) is 16.4 Å². The third-order valence-electron chi connectivity index (χ3n) is 5.01. The molecule has 0 aliphatic carbocycles. The van der Waals surface area contributed by atoms with Crippen LogP contribution in [-0.2, 0) is 24.7 Å². The number of aromatic nitrogens is 3. The highest BCUT2D eigenvalue weighted by Crippen LogP contribution is 2.20. The number of hydrogen-bond acceptors (Lipinski definition) is 8. The molecular weight excluding hydrogens is 446 g/mol. The zero-order valence-electron chi connectivity index (χ0n) is 17.9. The van der Waals surface area contributed by atoms with Crippen LogP contribution in [0.5, 0.6) is 0 Å². The molecule has 1 aliphatic heterocycles. The minimum atomic E-state index is -3.67. The summed E-state index contributed by atoms with van der Waals surface area (Å²) < 4.78 is 49.6. The Labute approximate surface area is 181 Å². The van der Waals surface area contributed by atoms with Gasteiger partial charge in [0.1, 0.15) is 11.0 Å². The molecule has 1 aromatic heterocycles. The number of rotatable bonds is 8. The molecule has 0 spiro atoms. The van der Waals surface area contributed by atoms with E-state index >= 15 is 0 Å². The van der Waals surface area contributed by atoms with Gasteiger partial charge in [0.2, 0.25) is 10.0 Å². The molecule has 2 heterocycles. The molecule has 13 heteroatoms. The van der Waals surface area contributed by atoms with E-state index in [1.807, 2.05) is 13.8 Å². The molecule has 1 aromatic carbocycles. The van der Waals surface area contributed by atoms with Crippen molar-refractivity contribution in [3.8, 4) is 0 Å². The van der Waals surface area contributed by atoms with E-state index in [1.54, 1.807) is 4.90 Å². The first-order valence-electron chi connectivity index (χ1n) is 9.82. The summed E-state index contributed by atoms with van der Waals surface area (Å²) in [4.78, 5) is 21.0. The van der Waals surface area contributed by atoms with Gasteiger partial charge in [0.05, 0.1) is 16.4 Å². The monoisotopic (exact) mass is 473 g/mol. The normalized spacial score (nSPS) is 18.7. The van der Waals surface area contributed by atoms with Gasteiger partial charge in [-0.15, -0.1) is 5.10 Å². The third-order valence-corrected chi connectivity index (χ3v) is 8.57. The smallest absolute Gasteiger partial charge is 0.263 e. The van der Waals surface area contributed by atoms with E-state index in [0.29, 0.717) is 24.0 Å². The van der Waals surface area contributed by atoms with Crippen LogP contribution in [0, 0.1) is 5.92 Å². The van der Waals surface area contributed by atoms with E-state index in [4.69, 9.17) is 4.84 Å². The fraction of sp³-hybridized carbons (Fsp3) is 0.611. The molecule has 1 aliphatic rings. The maximum atomic E-state index is 12.9. The number of sulfonamides is 1. The maximum absolute atomic E-state index is 12.9. The van der Waals surface area contributed by atoms with Crippen molar-refractivity contribution in [2.24, 2.45) is 5.92 Å². The van der Waals surface area contributed by atoms with Crippen LogP contribution in [0.3, 0.4) is 0 Å². The molecule has 0 radical (unpaired) electrons. The number of carbonyl (C=O) groups is 1. The lowest BCUT2D eigenvalue weighted by atomic mass is 10.1. The summed E-state index contributed by atoms with van der Waals surface area (Å²) in [6.07, 6.45) is 0.402. The molecule has 0 bridgehead atoms. The molecule has 0 saturated carbocycles. The van der Waals surface area contributed by atoms with Crippen LogP contribution in [-0.4, -0.2) is 91.9 Å². The van der Waals surface area contributed by atoms with Gasteiger partial charge in [-0.25, -0.2) is 21.1 Å². The topological polar surface area (TPSA) is 132 Å². The fourth-order valence-corrected chi connectivity index (χ4v) is 6.07. The van der Waals surface area contributed by atoms with Gasteiger partial charge in [0, 0.05) is 26.7 Å². The molecule has 1 saturated heterocycles. The summed E-state index contributed by atoms with van der Waals surface area (Å²) in [5.41, 5.74) is 0.709. The Bertz CT molecular complexity index is 1170. The van der Waals surface area contributed by atoms with Gasteiger partial charge in [0.25, 0.3) is 5.91 Å². The first-order chi connectivity index (χ1) is 14.4.